The molecule has 0 unspecified atom stereocenters. The molecule has 29 heavy (non-hydrogen) atoms. The van der Waals surface area contributed by atoms with E-state index in [2.05, 4.69) is 99.2 Å². The monoisotopic (exact) mass is 382 g/mol. The molecule has 0 atom stereocenters. The average molecular weight is 383 g/mol. The van der Waals surface area contributed by atoms with Gasteiger partial charge in [0.1, 0.15) is 5.52 Å². The molecule has 0 aliphatic rings. The van der Waals surface area contributed by atoms with Gasteiger partial charge in [-0.3, -0.25) is 4.98 Å². The molecule has 5 aromatic rings. The molecule has 3 heteroatoms. The van der Waals surface area contributed by atoms with Crippen molar-refractivity contribution >= 4 is 38.5 Å². The van der Waals surface area contributed by atoms with Crippen molar-refractivity contribution in [1.29, 1.82) is 0 Å². The molecule has 0 spiro atoms. The van der Waals surface area contributed by atoms with E-state index in [4.69, 9.17) is 4.98 Å². The summed E-state index contributed by atoms with van der Waals surface area (Å²) in [5, 5.41) is 2.45. The van der Waals surface area contributed by atoms with Gasteiger partial charge in [0.2, 0.25) is 0 Å². The Kier molecular flexibility index (Phi) is 3.76. The maximum absolute atomic E-state index is 4.97. The van der Waals surface area contributed by atoms with Gasteiger partial charge in [-0.2, -0.15) is 4.40 Å². The van der Waals surface area contributed by atoms with Gasteiger partial charge in [0, 0.05) is 11.1 Å². The van der Waals surface area contributed by atoms with Gasteiger partial charge in [-0.15, -0.1) is 0 Å². The maximum atomic E-state index is 4.97. The number of imidazole rings is 1. The number of hydrogen-bond donors (Lipinski definition) is 0. The summed E-state index contributed by atoms with van der Waals surface area (Å²) >= 11 is 0. The number of aromatic nitrogens is 3. The standard InChI is InChI=1S/C26H28N3/c1-16-13-17(2)27-24-19-9-7-8-10-20(19)29-22-14-18(15-26(3,4)5)11-12-21(22)28(6)25(29)23(16)24/h7-14H,15H2,1-6H3/q+1. The molecule has 0 radical (unpaired) electrons. The van der Waals surface area contributed by atoms with Crippen LogP contribution in [-0.4, -0.2) is 9.38 Å². The quantitative estimate of drug-likeness (QED) is 0.264. The van der Waals surface area contributed by atoms with Crippen LogP contribution in [0.5, 0.6) is 0 Å². The predicted octanol–water partition coefficient (Wildman–Crippen LogP) is 5.82. The summed E-state index contributed by atoms with van der Waals surface area (Å²) in [6, 6.07) is 17.8. The van der Waals surface area contributed by atoms with Crippen LogP contribution in [0.3, 0.4) is 0 Å². The van der Waals surface area contributed by atoms with Crippen molar-refractivity contribution in [3.63, 3.8) is 0 Å². The minimum atomic E-state index is 0.260. The van der Waals surface area contributed by atoms with Gasteiger partial charge in [0.15, 0.2) is 11.0 Å². The molecule has 0 saturated heterocycles. The molecule has 0 saturated carbocycles. The first-order valence-electron chi connectivity index (χ1n) is 10.4. The van der Waals surface area contributed by atoms with E-state index in [0.717, 1.165) is 17.6 Å². The molecule has 0 aliphatic carbocycles. The van der Waals surface area contributed by atoms with E-state index in [1.807, 2.05) is 0 Å². The van der Waals surface area contributed by atoms with E-state index in [1.54, 1.807) is 0 Å². The Balaban J connectivity index is 2.04. The van der Waals surface area contributed by atoms with E-state index in [0.29, 0.717) is 0 Å². The fourth-order valence-electron chi connectivity index (χ4n) is 4.84. The Bertz CT molecular complexity index is 1430. The first-order valence-corrected chi connectivity index (χ1v) is 10.4. The highest BCUT2D eigenvalue weighted by Gasteiger charge is 2.25. The van der Waals surface area contributed by atoms with E-state index >= 15 is 0 Å². The van der Waals surface area contributed by atoms with Gasteiger partial charge in [-0.25, -0.2) is 4.57 Å². The van der Waals surface area contributed by atoms with Crippen molar-refractivity contribution in [3.8, 4) is 0 Å². The smallest absolute Gasteiger partial charge is 0.252 e. The number of fused-ring (bicyclic) bond motifs is 8. The Morgan fingerprint density at radius 1 is 0.966 bits per heavy atom. The summed E-state index contributed by atoms with van der Waals surface area (Å²) in [4.78, 5) is 4.97. The lowest BCUT2D eigenvalue weighted by atomic mass is 9.88. The molecular formula is C26H28N3+. The SMILES string of the molecule is Cc1cc(C)c2c(n1)c1ccccc1n1c3cc(CC(C)(C)C)ccc3[n+](C)c21. The number of pyridine rings is 2. The highest BCUT2D eigenvalue weighted by atomic mass is 15.1. The van der Waals surface area contributed by atoms with Crippen molar-refractivity contribution in [1.82, 2.24) is 9.38 Å². The van der Waals surface area contributed by atoms with Gasteiger partial charge in [0.25, 0.3) is 5.65 Å². The van der Waals surface area contributed by atoms with Crippen LogP contribution < -0.4 is 4.57 Å². The predicted molar refractivity (Wildman–Crippen MR) is 122 cm³/mol. The number of aryl methyl sites for hydroxylation is 3. The molecule has 0 bridgehead atoms. The van der Waals surface area contributed by atoms with Crippen molar-refractivity contribution in [2.75, 3.05) is 0 Å². The van der Waals surface area contributed by atoms with Gasteiger partial charge in [0.05, 0.1) is 18.0 Å². The molecule has 3 nitrogen and oxygen atoms in total. The molecule has 2 aromatic carbocycles. The third-order valence-corrected chi connectivity index (χ3v) is 5.87. The van der Waals surface area contributed by atoms with Crippen LogP contribution in [-0.2, 0) is 13.5 Å². The third-order valence-electron chi connectivity index (χ3n) is 5.87. The second kappa shape index (κ2) is 6.03. The lowest BCUT2D eigenvalue weighted by molar-refractivity contribution is -0.617. The molecule has 3 aromatic heterocycles. The third kappa shape index (κ3) is 2.71. The molecule has 5 rings (SSSR count). The summed E-state index contributed by atoms with van der Waals surface area (Å²) in [6.07, 6.45) is 1.06. The van der Waals surface area contributed by atoms with E-state index in [-0.39, 0.29) is 5.41 Å². The Labute approximate surface area is 171 Å². The zero-order chi connectivity index (χ0) is 20.5. The molecule has 146 valence electrons. The first-order chi connectivity index (χ1) is 13.7. The number of rotatable bonds is 1. The topological polar surface area (TPSA) is 21.2 Å². The van der Waals surface area contributed by atoms with Crippen LogP contribution >= 0.6 is 0 Å². The number of nitrogens with zero attached hydrogens (tertiary/aromatic N) is 3. The van der Waals surface area contributed by atoms with Crippen molar-refractivity contribution in [2.45, 2.75) is 41.0 Å². The fourth-order valence-corrected chi connectivity index (χ4v) is 4.84. The highest BCUT2D eigenvalue weighted by Crippen LogP contribution is 2.33. The second-order valence-corrected chi connectivity index (χ2v) is 9.60. The minimum absolute atomic E-state index is 0.260. The number of para-hydroxylation sites is 1. The van der Waals surface area contributed by atoms with Gasteiger partial charge >= 0.3 is 0 Å². The second-order valence-electron chi connectivity index (χ2n) is 9.60. The lowest BCUT2D eigenvalue weighted by Crippen LogP contribution is -2.27. The average Bonchev–Trinajstić information content (AvgIpc) is 2.93. The van der Waals surface area contributed by atoms with Crippen molar-refractivity contribution in [2.24, 2.45) is 12.5 Å². The molecule has 0 aliphatic heterocycles. The Morgan fingerprint density at radius 3 is 2.48 bits per heavy atom. The molecular weight excluding hydrogens is 354 g/mol. The lowest BCUT2D eigenvalue weighted by Gasteiger charge is -2.17. The van der Waals surface area contributed by atoms with E-state index in [9.17, 15) is 0 Å². The number of hydrogen-bond acceptors (Lipinski definition) is 1. The van der Waals surface area contributed by atoms with Gasteiger partial charge in [-0.1, -0.05) is 39.0 Å². The van der Waals surface area contributed by atoms with Crippen LogP contribution in [0.15, 0.2) is 48.5 Å². The molecule has 0 fully saturated rings. The largest absolute Gasteiger partial charge is 0.297 e. The zero-order valence-corrected chi connectivity index (χ0v) is 18.2. The van der Waals surface area contributed by atoms with Gasteiger partial charge in [-0.05, 0) is 67.1 Å². The Hall–Kier alpha value is -2.94. The first kappa shape index (κ1) is 18.1. The summed E-state index contributed by atoms with van der Waals surface area (Å²) < 4.78 is 4.76. The normalized spacial score (nSPS) is 12.6. The molecule has 0 amide bonds. The fraction of sp³-hybridized carbons (Fsp3) is 0.308. The van der Waals surface area contributed by atoms with Crippen molar-refractivity contribution < 1.29 is 4.57 Å². The van der Waals surface area contributed by atoms with Crippen LogP contribution in [0, 0.1) is 19.3 Å². The van der Waals surface area contributed by atoms with Crippen LogP contribution in [0.2, 0.25) is 0 Å². The van der Waals surface area contributed by atoms with Crippen LogP contribution in [0.25, 0.3) is 38.5 Å². The Morgan fingerprint density at radius 2 is 1.72 bits per heavy atom. The number of benzene rings is 2. The van der Waals surface area contributed by atoms with E-state index < -0.39 is 0 Å². The summed E-state index contributed by atoms with van der Waals surface area (Å²) in [6.45, 7) is 11.2. The summed E-state index contributed by atoms with van der Waals surface area (Å²) in [7, 11) is 2.18. The summed E-state index contributed by atoms with van der Waals surface area (Å²) in [5.41, 5.74) is 10.0. The zero-order valence-electron chi connectivity index (χ0n) is 18.2. The van der Waals surface area contributed by atoms with Crippen molar-refractivity contribution in [3.05, 3.63) is 65.4 Å². The summed E-state index contributed by atoms with van der Waals surface area (Å²) in [5.74, 6) is 0. The van der Waals surface area contributed by atoms with Gasteiger partial charge < -0.3 is 0 Å². The van der Waals surface area contributed by atoms with Crippen LogP contribution in [0.1, 0.15) is 37.6 Å². The van der Waals surface area contributed by atoms with E-state index in [1.165, 1.54) is 44.1 Å². The van der Waals surface area contributed by atoms with Crippen LogP contribution in [0.4, 0.5) is 0 Å². The maximum Gasteiger partial charge on any atom is 0.297 e. The molecule has 0 N–H and O–H groups in total. The highest BCUT2D eigenvalue weighted by molar-refractivity contribution is 6.11. The molecule has 3 heterocycles. The minimum Gasteiger partial charge on any atom is -0.252 e.